The third-order valence-corrected chi connectivity index (χ3v) is 3.24. The smallest absolute Gasteiger partial charge is 0.225 e. The first-order valence-corrected chi connectivity index (χ1v) is 5.64. The second-order valence-electron chi connectivity index (χ2n) is 4.52. The third kappa shape index (κ3) is 1.76. The summed E-state index contributed by atoms with van der Waals surface area (Å²) >= 11 is 0. The van der Waals surface area contributed by atoms with Gasteiger partial charge in [0, 0.05) is 17.9 Å². The van der Waals surface area contributed by atoms with E-state index in [4.69, 9.17) is 0 Å². The number of aryl methyl sites for hydroxylation is 1. The van der Waals surface area contributed by atoms with Crippen LogP contribution in [0.2, 0.25) is 0 Å². The van der Waals surface area contributed by atoms with Crippen molar-refractivity contribution in [3.05, 3.63) is 18.0 Å². The number of carbonyl (C=O) groups is 1. The Morgan fingerprint density at radius 3 is 3.13 bits per heavy atom. The highest BCUT2D eigenvalue weighted by atomic mass is 16.2. The highest BCUT2D eigenvalue weighted by Gasteiger charge is 2.29. The standard InChI is InChI=1S/C11H15N3O/c15-11(13-9-2-3-9)8-1-4-10-5-6-12-14(10)7-8/h5-6,8-9H,1-4,7H2,(H,13,15). The van der Waals surface area contributed by atoms with Gasteiger partial charge in [-0.1, -0.05) is 0 Å². The van der Waals surface area contributed by atoms with Crippen LogP contribution < -0.4 is 5.32 Å². The van der Waals surface area contributed by atoms with Crippen LogP contribution in [0, 0.1) is 5.92 Å². The maximum absolute atomic E-state index is 11.8. The van der Waals surface area contributed by atoms with Crippen LogP contribution in [0.15, 0.2) is 12.3 Å². The molecule has 1 aliphatic heterocycles. The topological polar surface area (TPSA) is 46.9 Å². The number of amides is 1. The van der Waals surface area contributed by atoms with Gasteiger partial charge in [0.25, 0.3) is 0 Å². The molecule has 4 heteroatoms. The first-order valence-electron chi connectivity index (χ1n) is 5.64. The van der Waals surface area contributed by atoms with Gasteiger partial charge in [-0.25, -0.2) is 0 Å². The van der Waals surface area contributed by atoms with Gasteiger partial charge in [-0.05, 0) is 31.7 Å². The molecule has 1 fully saturated rings. The van der Waals surface area contributed by atoms with Crippen LogP contribution in [0.3, 0.4) is 0 Å². The molecule has 1 unspecified atom stereocenters. The highest BCUT2D eigenvalue weighted by molar-refractivity contribution is 5.79. The number of fused-ring (bicyclic) bond motifs is 1. The lowest BCUT2D eigenvalue weighted by Crippen LogP contribution is -2.37. The lowest BCUT2D eigenvalue weighted by molar-refractivity contribution is -0.126. The summed E-state index contributed by atoms with van der Waals surface area (Å²) in [6, 6.07) is 2.51. The van der Waals surface area contributed by atoms with Gasteiger partial charge in [0.2, 0.25) is 5.91 Å². The van der Waals surface area contributed by atoms with Crippen LogP contribution >= 0.6 is 0 Å². The zero-order valence-electron chi connectivity index (χ0n) is 8.65. The molecular formula is C11H15N3O. The number of hydrogen-bond donors (Lipinski definition) is 1. The van der Waals surface area contributed by atoms with E-state index in [9.17, 15) is 4.79 Å². The third-order valence-electron chi connectivity index (χ3n) is 3.24. The minimum Gasteiger partial charge on any atom is -0.353 e. The molecule has 2 aliphatic rings. The first-order chi connectivity index (χ1) is 7.33. The molecule has 1 amide bonds. The summed E-state index contributed by atoms with van der Waals surface area (Å²) in [4.78, 5) is 11.8. The van der Waals surface area contributed by atoms with Crippen molar-refractivity contribution in [1.29, 1.82) is 0 Å². The average molecular weight is 205 g/mol. The minimum atomic E-state index is 0.123. The molecule has 1 atom stereocenters. The average Bonchev–Trinajstić information content (AvgIpc) is 2.94. The van der Waals surface area contributed by atoms with Crippen molar-refractivity contribution in [2.75, 3.05) is 0 Å². The second-order valence-corrected chi connectivity index (χ2v) is 4.52. The van der Waals surface area contributed by atoms with Crippen LogP contribution in [0.4, 0.5) is 0 Å². The molecule has 15 heavy (non-hydrogen) atoms. The van der Waals surface area contributed by atoms with Gasteiger partial charge in [-0.15, -0.1) is 0 Å². The van der Waals surface area contributed by atoms with Gasteiger partial charge < -0.3 is 5.32 Å². The molecule has 0 aromatic carbocycles. The number of rotatable bonds is 2. The minimum absolute atomic E-state index is 0.123. The van der Waals surface area contributed by atoms with Crippen molar-refractivity contribution in [2.45, 2.75) is 38.3 Å². The van der Waals surface area contributed by atoms with E-state index in [0.29, 0.717) is 6.04 Å². The Kier molecular flexibility index (Phi) is 2.01. The van der Waals surface area contributed by atoms with E-state index in [1.165, 1.54) is 5.69 Å². The molecule has 1 aliphatic carbocycles. The number of carbonyl (C=O) groups excluding carboxylic acids is 1. The Balaban J connectivity index is 1.66. The molecular weight excluding hydrogens is 190 g/mol. The summed E-state index contributed by atoms with van der Waals surface area (Å²) < 4.78 is 1.96. The largest absolute Gasteiger partial charge is 0.353 e. The van der Waals surface area contributed by atoms with Crippen LogP contribution in [0.1, 0.15) is 25.0 Å². The Hall–Kier alpha value is -1.32. The summed E-state index contributed by atoms with van der Waals surface area (Å²) in [5.41, 5.74) is 1.26. The molecule has 2 heterocycles. The van der Waals surface area contributed by atoms with Crippen molar-refractivity contribution in [2.24, 2.45) is 5.92 Å². The first kappa shape index (κ1) is 8.95. The van der Waals surface area contributed by atoms with Gasteiger partial charge in [0.15, 0.2) is 0 Å². The van der Waals surface area contributed by atoms with E-state index < -0.39 is 0 Å². The fourth-order valence-electron chi connectivity index (χ4n) is 2.12. The van der Waals surface area contributed by atoms with Crippen LogP contribution in [0.25, 0.3) is 0 Å². The lowest BCUT2D eigenvalue weighted by Gasteiger charge is -2.22. The Labute approximate surface area is 88.7 Å². The Bertz CT molecular complexity index is 381. The summed E-state index contributed by atoms with van der Waals surface area (Å²) in [6.07, 6.45) is 6.07. The van der Waals surface area contributed by atoms with Crippen molar-refractivity contribution in [1.82, 2.24) is 15.1 Å². The normalized spacial score (nSPS) is 24.7. The molecule has 1 aromatic rings. The number of nitrogens with one attached hydrogen (secondary N) is 1. The number of nitrogens with zero attached hydrogens (tertiary/aromatic N) is 2. The van der Waals surface area contributed by atoms with Crippen molar-refractivity contribution in [3.8, 4) is 0 Å². The Morgan fingerprint density at radius 2 is 2.33 bits per heavy atom. The molecule has 0 radical (unpaired) electrons. The fourth-order valence-corrected chi connectivity index (χ4v) is 2.12. The van der Waals surface area contributed by atoms with E-state index in [-0.39, 0.29) is 11.8 Å². The predicted molar refractivity (Wildman–Crippen MR) is 55.2 cm³/mol. The van der Waals surface area contributed by atoms with Crippen molar-refractivity contribution >= 4 is 5.91 Å². The molecule has 0 bridgehead atoms. The molecule has 0 spiro atoms. The van der Waals surface area contributed by atoms with E-state index in [1.807, 2.05) is 16.9 Å². The molecule has 80 valence electrons. The maximum Gasteiger partial charge on any atom is 0.225 e. The predicted octanol–water partition coefficient (Wildman–Crippen LogP) is 0.724. The number of aromatic nitrogens is 2. The Morgan fingerprint density at radius 1 is 1.47 bits per heavy atom. The molecule has 4 nitrogen and oxygen atoms in total. The van der Waals surface area contributed by atoms with E-state index in [2.05, 4.69) is 10.4 Å². The zero-order chi connectivity index (χ0) is 10.3. The molecule has 1 saturated carbocycles. The fraction of sp³-hybridized carbons (Fsp3) is 0.636. The van der Waals surface area contributed by atoms with Gasteiger partial charge in [0.1, 0.15) is 0 Å². The van der Waals surface area contributed by atoms with Crippen LogP contribution in [-0.2, 0) is 17.8 Å². The monoisotopic (exact) mass is 205 g/mol. The summed E-state index contributed by atoms with van der Waals surface area (Å²) in [5, 5.41) is 7.29. The summed E-state index contributed by atoms with van der Waals surface area (Å²) in [7, 11) is 0. The van der Waals surface area contributed by atoms with Gasteiger partial charge in [-0.2, -0.15) is 5.10 Å². The van der Waals surface area contributed by atoms with Crippen LogP contribution in [-0.4, -0.2) is 21.7 Å². The molecule has 3 rings (SSSR count). The highest BCUT2D eigenvalue weighted by Crippen LogP contribution is 2.23. The maximum atomic E-state index is 11.8. The molecule has 1 N–H and O–H groups in total. The van der Waals surface area contributed by atoms with Gasteiger partial charge >= 0.3 is 0 Å². The zero-order valence-corrected chi connectivity index (χ0v) is 8.65. The van der Waals surface area contributed by atoms with E-state index in [0.717, 1.165) is 32.2 Å². The van der Waals surface area contributed by atoms with E-state index >= 15 is 0 Å². The summed E-state index contributed by atoms with van der Waals surface area (Å²) in [6.45, 7) is 0.751. The van der Waals surface area contributed by atoms with Crippen molar-refractivity contribution < 1.29 is 4.79 Å². The second kappa shape index (κ2) is 3.36. The van der Waals surface area contributed by atoms with E-state index in [1.54, 1.807) is 0 Å². The van der Waals surface area contributed by atoms with Crippen LogP contribution in [0.5, 0.6) is 0 Å². The lowest BCUT2D eigenvalue weighted by atomic mass is 9.97. The SMILES string of the molecule is O=C(NC1CC1)C1CCc2ccnn2C1. The number of hydrogen-bond acceptors (Lipinski definition) is 2. The van der Waals surface area contributed by atoms with Crippen molar-refractivity contribution in [3.63, 3.8) is 0 Å². The van der Waals surface area contributed by atoms with Gasteiger partial charge in [-0.3, -0.25) is 9.48 Å². The van der Waals surface area contributed by atoms with Gasteiger partial charge in [0.05, 0.1) is 12.5 Å². The molecule has 0 saturated heterocycles. The molecule has 1 aromatic heterocycles. The summed E-state index contributed by atoms with van der Waals surface area (Å²) in [5.74, 6) is 0.344. The quantitative estimate of drug-likeness (QED) is 0.773.